The van der Waals surface area contributed by atoms with Gasteiger partial charge in [-0.05, 0) is 38.8 Å². The first-order chi connectivity index (χ1) is 9.33. The van der Waals surface area contributed by atoms with Crippen LogP contribution in [-0.2, 0) is 14.1 Å². The van der Waals surface area contributed by atoms with Crippen LogP contribution in [-0.4, -0.2) is 47.7 Å². The van der Waals surface area contributed by atoms with Gasteiger partial charge >= 0.3 is 13.6 Å². The number of carbonyl (C=O) groups excluding carboxylic acids is 1. The zero-order valence-electron chi connectivity index (χ0n) is 11.6. The number of piperidine rings is 1. The fourth-order valence-corrected chi connectivity index (χ4v) is 3.12. The third kappa shape index (κ3) is 6.15. The van der Waals surface area contributed by atoms with Crippen LogP contribution in [0.15, 0.2) is 11.6 Å². The number of rotatable bonds is 6. The van der Waals surface area contributed by atoms with Crippen molar-refractivity contribution in [3.05, 3.63) is 11.6 Å². The van der Waals surface area contributed by atoms with Gasteiger partial charge in [0, 0.05) is 0 Å². The fraction of sp³-hybridized carbons (Fsp3) is 0.750. The minimum Gasteiger partial charge on any atom is -0.465 e. The molecular weight excluding hydrogens is 283 g/mol. The van der Waals surface area contributed by atoms with Gasteiger partial charge in [0.15, 0.2) is 0 Å². The summed E-state index contributed by atoms with van der Waals surface area (Å²) in [5.41, 5.74) is 6.27. The van der Waals surface area contributed by atoms with Crippen molar-refractivity contribution < 1.29 is 23.9 Å². The largest absolute Gasteiger partial charge is 0.465 e. The Bertz CT molecular complexity index is 401. The minimum absolute atomic E-state index is 0.0457. The standard InChI is InChI=1S/C12H23N2O5P/c1-2-19-12(15)11(13)7-10(8-20(16,17)18)9-3-5-14-6-4-9/h7,9,11,14H,2-6,8,13H2,1H3,(H2,16,17,18)/b10-7-. The molecule has 0 saturated carbocycles. The summed E-state index contributed by atoms with van der Waals surface area (Å²) >= 11 is 0. The normalized spacial score (nSPS) is 19.7. The number of esters is 1. The van der Waals surface area contributed by atoms with Crippen molar-refractivity contribution in [3.8, 4) is 0 Å². The van der Waals surface area contributed by atoms with Crippen molar-refractivity contribution in [1.82, 2.24) is 5.32 Å². The molecule has 7 nitrogen and oxygen atoms in total. The van der Waals surface area contributed by atoms with Crippen molar-refractivity contribution in [2.75, 3.05) is 25.9 Å². The molecule has 1 fully saturated rings. The molecule has 116 valence electrons. The van der Waals surface area contributed by atoms with Crippen molar-refractivity contribution >= 4 is 13.6 Å². The van der Waals surface area contributed by atoms with Crippen LogP contribution in [0.25, 0.3) is 0 Å². The Morgan fingerprint density at radius 1 is 1.50 bits per heavy atom. The SMILES string of the molecule is CCOC(=O)C(N)/C=C(/CP(=O)(O)O)C1CCNCC1. The van der Waals surface area contributed by atoms with Gasteiger partial charge < -0.3 is 25.6 Å². The first-order valence-electron chi connectivity index (χ1n) is 6.71. The van der Waals surface area contributed by atoms with E-state index in [0.29, 0.717) is 5.57 Å². The summed E-state index contributed by atoms with van der Waals surface area (Å²) in [6, 6.07) is -0.980. The molecule has 0 aromatic heterocycles. The monoisotopic (exact) mass is 306 g/mol. The fourth-order valence-electron chi connectivity index (χ4n) is 2.29. The second kappa shape index (κ2) is 7.90. The maximum atomic E-state index is 11.5. The zero-order chi connectivity index (χ0) is 15.2. The van der Waals surface area contributed by atoms with Gasteiger partial charge in [0.25, 0.3) is 0 Å². The maximum absolute atomic E-state index is 11.5. The first kappa shape index (κ1) is 17.3. The number of carbonyl (C=O) groups is 1. The van der Waals surface area contributed by atoms with Gasteiger partial charge in [-0.2, -0.15) is 0 Å². The number of nitrogens with two attached hydrogens (primary N) is 1. The minimum atomic E-state index is -4.19. The average molecular weight is 306 g/mol. The molecule has 1 unspecified atom stereocenters. The molecule has 1 rings (SSSR count). The molecule has 1 aliphatic rings. The van der Waals surface area contributed by atoms with E-state index in [1.807, 2.05) is 0 Å². The van der Waals surface area contributed by atoms with Crippen LogP contribution in [0.2, 0.25) is 0 Å². The lowest BCUT2D eigenvalue weighted by Gasteiger charge is -2.26. The molecule has 0 aromatic rings. The van der Waals surface area contributed by atoms with Gasteiger partial charge in [0.05, 0.1) is 12.8 Å². The molecule has 0 bridgehead atoms. The quantitative estimate of drug-likeness (QED) is 0.309. The summed E-state index contributed by atoms with van der Waals surface area (Å²) in [5, 5.41) is 3.18. The number of allylic oxidation sites excluding steroid dienone is 1. The summed E-state index contributed by atoms with van der Waals surface area (Å²) in [4.78, 5) is 29.9. The molecule has 0 amide bonds. The predicted octanol–water partition coefficient (Wildman–Crippen LogP) is -0.0195. The summed E-state index contributed by atoms with van der Waals surface area (Å²) in [6.07, 6.45) is 2.65. The Kier molecular flexibility index (Phi) is 6.85. The highest BCUT2D eigenvalue weighted by molar-refractivity contribution is 7.52. The number of hydrogen-bond acceptors (Lipinski definition) is 5. The van der Waals surface area contributed by atoms with Crippen molar-refractivity contribution in [1.29, 1.82) is 0 Å². The molecule has 20 heavy (non-hydrogen) atoms. The Balaban J connectivity index is 2.84. The third-order valence-corrected chi connectivity index (χ3v) is 3.98. The Labute approximate surface area is 118 Å². The van der Waals surface area contributed by atoms with E-state index in [4.69, 9.17) is 10.5 Å². The van der Waals surface area contributed by atoms with E-state index in [1.54, 1.807) is 6.92 Å². The van der Waals surface area contributed by atoms with Crippen molar-refractivity contribution in [3.63, 3.8) is 0 Å². The topological polar surface area (TPSA) is 122 Å². The molecule has 1 aliphatic heterocycles. The lowest BCUT2D eigenvalue weighted by Crippen LogP contribution is -2.33. The second-order valence-electron chi connectivity index (χ2n) is 4.87. The predicted molar refractivity (Wildman–Crippen MR) is 75.2 cm³/mol. The summed E-state index contributed by atoms with van der Waals surface area (Å²) in [5.74, 6) is -0.533. The van der Waals surface area contributed by atoms with Crippen LogP contribution in [0.1, 0.15) is 19.8 Å². The molecule has 5 N–H and O–H groups in total. The summed E-state index contributed by atoms with van der Waals surface area (Å²) < 4.78 is 16.0. The van der Waals surface area contributed by atoms with Crippen LogP contribution >= 0.6 is 7.60 Å². The lowest BCUT2D eigenvalue weighted by molar-refractivity contribution is -0.143. The summed E-state index contributed by atoms with van der Waals surface area (Å²) in [6.45, 7) is 3.48. The highest BCUT2D eigenvalue weighted by atomic mass is 31.2. The van der Waals surface area contributed by atoms with Gasteiger partial charge in [0.1, 0.15) is 6.04 Å². The molecule has 1 saturated heterocycles. The van der Waals surface area contributed by atoms with E-state index >= 15 is 0 Å². The number of ether oxygens (including phenoxy) is 1. The number of nitrogens with one attached hydrogen (secondary N) is 1. The Morgan fingerprint density at radius 3 is 2.60 bits per heavy atom. The van der Waals surface area contributed by atoms with Gasteiger partial charge in [-0.25, -0.2) is 0 Å². The molecule has 1 heterocycles. The van der Waals surface area contributed by atoms with Gasteiger partial charge in [-0.3, -0.25) is 9.36 Å². The van der Waals surface area contributed by atoms with E-state index in [0.717, 1.165) is 25.9 Å². The van der Waals surface area contributed by atoms with E-state index in [-0.39, 0.29) is 18.7 Å². The van der Waals surface area contributed by atoms with E-state index in [2.05, 4.69) is 5.32 Å². The Morgan fingerprint density at radius 2 is 2.10 bits per heavy atom. The lowest BCUT2D eigenvalue weighted by atomic mass is 9.89. The van der Waals surface area contributed by atoms with Crippen LogP contribution in [0.5, 0.6) is 0 Å². The van der Waals surface area contributed by atoms with Gasteiger partial charge in [0.2, 0.25) is 0 Å². The van der Waals surface area contributed by atoms with Crippen LogP contribution in [0.4, 0.5) is 0 Å². The molecule has 0 aromatic carbocycles. The van der Waals surface area contributed by atoms with Crippen molar-refractivity contribution in [2.24, 2.45) is 11.7 Å². The first-order valence-corrected chi connectivity index (χ1v) is 8.51. The second-order valence-corrected chi connectivity index (χ2v) is 6.51. The van der Waals surface area contributed by atoms with E-state index in [9.17, 15) is 19.1 Å². The molecule has 0 aliphatic carbocycles. The zero-order valence-corrected chi connectivity index (χ0v) is 12.5. The highest BCUT2D eigenvalue weighted by Gasteiger charge is 2.26. The molecule has 1 atom stereocenters. The molecule has 0 radical (unpaired) electrons. The highest BCUT2D eigenvalue weighted by Crippen LogP contribution is 2.40. The maximum Gasteiger partial charge on any atom is 0.329 e. The Hall–Kier alpha value is -0.720. The van der Waals surface area contributed by atoms with Crippen LogP contribution < -0.4 is 11.1 Å². The molecule has 0 spiro atoms. The van der Waals surface area contributed by atoms with Crippen LogP contribution in [0.3, 0.4) is 0 Å². The molecular formula is C12H23N2O5P. The third-order valence-electron chi connectivity index (χ3n) is 3.20. The van der Waals surface area contributed by atoms with Gasteiger partial charge in [-0.15, -0.1) is 0 Å². The van der Waals surface area contributed by atoms with Crippen LogP contribution in [0, 0.1) is 5.92 Å². The smallest absolute Gasteiger partial charge is 0.329 e. The summed E-state index contributed by atoms with van der Waals surface area (Å²) in [7, 11) is -4.19. The molecule has 8 heteroatoms. The van der Waals surface area contributed by atoms with Gasteiger partial charge in [-0.1, -0.05) is 11.6 Å². The van der Waals surface area contributed by atoms with Crippen molar-refractivity contribution in [2.45, 2.75) is 25.8 Å². The number of hydrogen-bond donors (Lipinski definition) is 4. The average Bonchev–Trinajstić information content (AvgIpc) is 2.37. The van der Waals surface area contributed by atoms with E-state index < -0.39 is 19.6 Å². The van der Waals surface area contributed by atoms with E-state index in [1.165, 1.54) is 6.08 Å².